The van der Waals surface area contributed by atoms with Gasteiger partial charge in [-0.1, -0.05) is 52.0 Å². The molecule has 0 aromatic heterocycles. The van der Waals surface area contributed by atoms with Crippen LogP contribution in [-0.2, 0) is 9.59 Å². The molecule has 0 spiro atoms. The highest BCUT2D eigenvalue weighted by Crippen LogP contribution is 2.62. The van der Waals surface area contributed by atoms with E-state index in [1.54, 1.807) is 0 Å². The summed E-state index contributed by atoms with van der Waals surface area (Å²) >= 11 is 0. The molecule has 0 aliphatic heterocycles. The van der Waals surface area contributed by atoms with Crippen molar-refractivity contribution in [2.24, 2.45) is 64.4 Å². The van der Waals surface area contributed by atoms with Gasteiger partial charge in [0.05, 0.1) is 17.6 Å². The Hall–Kier alpha value is -1.80. The number of Topliss-reactive ketones (excluding diaryl/α,β-unsaturated/α-hetero) is 2. The van der Waals surface area contributed by atoms with E-state index in [4.69, 9.17) is 5.73 Å². The Kier molecular flexibility index (Phi) is 7.53. The zero-order chi connectivity index (χ0) is 27.5. The van der Waals surface area contributed by atoms with Crippen molar-refractivity contribution in [1.82, 2.24) is 5.32 Å². The molecule has 38 heavy (non-hydrogen) atoms. The van der Waals surface area contributed by atoms with E-state index in [2.05, 4.69) is 37.4 Å². The summed E-state index contributed by atoms with van der Waals surface area (Å²) in [5, 5.41) is 35.8. The summed E-state index contributed by atoms with van der Waals surface area (Å²) in [5.41, 5.74) is 4.74. The van der Waals surface area contributed by atoms with Crippen molar-refractivity contribution in [3.63, 3.8) is 0 Å². The van der Waals surface area contributed by atoms with Crippen molar-refractivity contribution in [1.29, 1.82) is 0 Å². The zero-order valence-electron chi connectivity index (χ0n) is 23.2. The average molecular weight is 527 g/mol. The summed E-state index contributed by atoms with van der Waals surface area (Å²) in [6, 6.07) is 0.467. The number of fused-ring (bicyclic) bond motifs is 3. The van der Waals surface area contributed by atoms with E-state index in [0.29, 0.717) is 24.3 Å². The molecule has 0 heterocycles. The van der Waals surface area contributed by atoms with E-state index < -0.39 is 23.7 Å². The van der Waals surface area contributed by atoms with Crippen LogP contribution in [0, 0.1) is 58.7 Å². The van der Waals surface area contributed by atoms with Gasteiger partial charge in [-0.2, -0.15) is 0 Å². The van der Waals surface area contributed by atoms with Gasteiger partial charge in [0.15, 0.2) is 5.78 Å². The van der Waals surface area contributed by atoms with Crippen molar-refractivity contribution in [3.8, 4) is 0 Å². The predicted octanol–water partition coefficient (Wildman–Crippen LogP) is 3.28. The van der Waals surface area contributed by atoms with Gasteiger partial charge < -0.3 is 26.4 Å². The van der Waals surface area contributed by atoms with Crippen LogP contribution in [0.15, 0.2) is 35.6 Å². The van der Waals surface area contributed by atoms with Crippen LogP contribution in [0.5, 0.6) is 0 Å². The van der Waals surface area contributed by atoms with Crippen LogP contribution in [0.25, 0.3) is 0 Å². The molecule has 0 amide bonds. The van der Waals surface area contributed by atoms with Gasteiger partial charge in [-0.15, -0.1) is 0 Å². The van der Waals surface area contributed by atoms with Gasteiger partial charge >= 0.3 is 0 Å². The third-order valence-electron chi connectivity index (χ3n) is 11.1. The summed E-state index contributed by atoms with van der Waals surface area (Å²) in [4.78, 5) is 27.0. The van der Waals surface area contributed by atoms with Crippen LogP contribution in [0.1, 0.15) is 59.8 Å². The first-order chi connectivity index (χ1) is 17.9. The summed E-state index contributed by atoms with van der Waals surface area (Å²) in [5.74, 6) is -0.162. The van der Waals surface area contributed by atoms with Crippen LogP contribution in [0.2, 0.25) is 0 Å². The van der Waals surface area contributed by atoms with Gasteiger partial charge in [0, 0.05) is 30.3 Å². The van der Waals surface area contributed by atoms with Crippen molar-refractivity contribution in [2.45, 2.75) is 78.2 Å². The first-order valence-electron chi connectivity index (χ1n) is 14.7. The fraction of sp³-hybridized carbons (Fsp3) is 0.742. The minimum Gasteiger partial charge on any atom is -0.511 e. The zero-order valence-corrected chi connectivity index (χ0v) is 23.2. The van der Waals surface area contributed by atoms with E-state index in [0.717, 1.165) is 25.8 Å². The lowest BCUT2D eigenvalue weighted by Crippen LogP contribution is -2.59. The molecule has 9 unspecified atom stereocenters. The lowest BCUT2D eigenvalue weighted by atomic mass is 9.45. The topological polar surface area (TPSA) is 133 Å². The fourth-order valence-corrected chi connectivity index (χ4v) is 8.89. The third kappa shape index (κ3) is 4.43. The number of carbonyl (C=O) groups is 2. The van der Waals surface area contributed by atoms with E-state index in [9.17, 15) is 24.9 Å². The maximum absolute atomic E-state index is 14.2. The Labute approximate surface area is 226 Å². The highest BCUT2D eigenvalue weighted by Gasteiger charge is 2.62. The van der Waals surface area contributed by atoms with Crippen molar-refractivity contribution in [3.05, 3.63) is 35.6 Å². The lowest BCUT2D eigenvalue weighted by molar-refractivity contribution is -0.156. The minimum absolute atomic E-state index is 0.0742. The summed E-state index contributed by atoms with van der Waals surface area (Å²) < 4.78 is 0. The molecule has 2 fully saturated rings. The number of ketones is 2. The number of rotatable bonds is 5. The number of aliphatic hydroxyl groups excluding tert-OH is 3. The highest BCUT2D eigenvalue weighted by atomic mass is 16.3. The summed E-state index contributed by atoms with van der Waals surface area (Å²) in [6.07, 6.45) is 10.3. The SMILES string of the molecule is CC(C)NCC1C=CC(C2C=CC(O)C3C(=O)C4C(C)[C@]5(C)C(O)=C(C(N)O)C(=O)C[C@@H]5C[C@@H]4CC23)CC1. The Morgan fingerprint density at radius 2 is 1.84 bits per heavy atom. The molecule has 0 saturated heterocycles. The number of hydrogen-bond acceptors (Lipinski definition) is 7. The third-order valence-corrected chi connectivity index (χ3v) is 11.1. The molecule has 210 valence electrons. The standard InChI is InChI=1S/C31H46N2O5/c1-15(2)33-14-17-5-7-18(8-6-17)21-9-10-23(34)26-22(21)12-19-11-20-13-24(35)27(30(32)38)29(37)31(20,4)16(3)25(19)28(26)36/h5,7,9-10,15-23,25-26,30,33-34,37-38H,6,8,11-14,32H2,1-4H3/t16?,17?,18?,19-,20+,21?,22?,23?,25?,26?,30?,31+/m1/s1. The van der Waals surface area contributed by atoms with Gasteiger partial charge in [0.25, 0.3) is 0 Å². The van der Waals surface area contributed by atoms with Crippen LogP contribution in [-0.4, -0.2) is 51.8 Å². The van der Waals surface area contributed by atoms with Gasteiger partial charge in [-0.3, -0.25) is 9.59 Å². The number of hydrogen-bond donors (Lipinski definition) is 5. The molecule has 6 N–H and O–H groups in total. The van der Waals surface area contributed by atoms with Gasteiger partial charge in [-0.05, 0) is 67.1 Å². The predicted molar refractivity (Wildman–Crippen MR) is 146 cm³/mol. The maximum Gasteiger partial charge on any atom is 0.166 e. The normalized spacial score (nSPS) is 45.6. The minimum atomic E-state index is -1.54. The summed E-state index contributed by atoms with van der Waals surface area (Å²) in [6.45, 7) is 9.22. The Morgan fingerprint density at radius 1 is 1.11 bits per heavy atom. The monoisotopic (exact) mass is 526 g/mol. The second-order valence-electron chi connectivity index (χ2n) is 13.4. The average Bonchev–Trinajstić information content (AvgIpc) is 2.85. The Balaban J connectivity index is 1.41. The second-order valence-corrected chi connectivity index (χ2v) is 13.4. The van der Waals surface area contributed by atoms with Crippen molar-refractivity contribution in [2.75, 3.05) is 6.54 Å². The van der Waals surface area contributed by atoms with Crippen LogP contribution >= 0.6 is 0 Å². The van der Waals surface area contributed by atoms with Crippen LogP contribution in [0.3, 0.4) is 0 Å². The Bertz CT molecular complexity index is 1050. The van der Waals surface area contributed by atoms with Gasteiger partial charge in [-0.25, -0.2) is 0 Å². The Morgan fingerprint density at radius 3 is 2.47 bits per heavy atom. The number of carbonyl (C=O) groups excluding carboxylic acids is 2. The van der Waals surface area contributed by atoms with E-state index >= 15 is 0 Å². The van der Waals surface area contributed by atoms with Gasteiger partial charge in [0.2, 0.25) is 0 Å². The number of nitrogens with two attached hydrogens (primary N) is 1. The first-order valence-corrected chi connectivity index (χ1v) is 14.7. The van der Waals surface area contributed by atoms with Crippen LogP contribution in [0.4, 0.5) is 0 Å². The molecule has 0 aromatic rings. The van der Waals surface area contributed by atoms with Gasteiger partial charge in [0.1, 0.15) is 17.8 Å². The lowest BCUT2D eigenvalue weighted by Gasteiger charge is -2.58. The summed E-state index contributed by atoms with van der Waals surface area (Å²) in [7, 11) is 0. The first kappa shape index (κ1) is 27.8. The molecule has 5 rings (SSSR count). The number of allylic oxidation sites excluding steroid dienone is 3. The maximum atomic E-state index is 14.2. The molecule has 0 radical (unpaired) electrons. The van der Waals surface area contributed by atoms with E-state index in [-0.39, 0.29) is 64.8 Å². The van der Waals surface area contributed by atoms with Crippen LogP contribution < -0.4 is 11.1 Å². The largest absolute Gasteiger partial charge is 0.511 e. The van der Waals surface area contributed by atoms with E-state index in [1.807, 2.05) is 19.9 Å². The molecule has 12 atom stereocenters. The molecule has 7 heteroatoms. The smallest absolute Gasteiger partial charge is 0.166 e. The second kappa shape index (κ2) is 10.3. The molecule has 0 bridgehead atoms. The molecule has 5 aliphatic rings. The number of nitrogens with one attached hydrogen (secondary N) is 1. The molecule has 0 aromatic carbocycles. The molecular weight excluding hydrogens is 480 g/mol. The van der Waals surface area contributed by atoms with Crippen molar-refractivity contribution < 1.29 is 24.9 Å². The highest BCUT2D eigenvalue weighted by molar-refractivity contribution is 5.98. The molecule has 5 aliphatic carbocycles. The molecule has 2 saturated carbocycles. The fourth-order valence-electron chi connectivity index (χ4n) is 8.89. The van der Waals surface area contributed by atoms with Crippen molar-refractivity contribution >= 4 is 11.6 Å². The number of aliphatic hydroxyl groups is 3. The molecular formula is C31H46N2O5. The quantitative estimate of drug-likeness (QED) is 0.274. The van der Waals surface area contributed by atoms with E-state index in [1.165, 1.54) is 0 Å². The molecule has 7 nitrogen and oxygen atoms in total.